The molecule has 18 rings (SSSR count). The summed E-state index contributed by atoms with van der Waals surface area (Å²) in [5.41, 5.74) is 24.8. The summed E-state index contributed by atoms with van der Waals surface area (Å²) in [5, 5.41) is 5.39. The van der Waals surface area contributed by atoms with Gasteiger partial charge < -0.3 is 19.9 Å². The van der Waals surface area contributed by atoms with Crippen molar-refractivity contribution < 1.29 is 39.0 Å². The first kappa shape index (κ1) is 54.3. The Hall–Kier alpha value is -11.1. The van der Waals surface area contributed by atoms with Crippen molar-refractivity contribution in [2.45, 2.75) is 0 Å². The van der Waals surface area contributed by atoms with E-state index in [2.05, 4.69) is 206 Å². The average Bonchev–Trinajstić information content (AvgIpc) is 1.49. The number of hydrogen-bond acceptors (Lipinski definition) is 4. The molecule has 0 radical (unpaired) electrons. The molecule has 16 bridgehead atoms. The topological polar surface area (TPSA) is 108 Å². The molecular weight excluding hydrogens is 1200 g/mol. The van der Waals surface area contributed by atoms with Crippen LogP contribution in [0.5, 0.6) is 0 Å². The van der Waals surface area contributed by atoms with E-state index in [9.17, 15) is 0 Å². The van der Waals surface area contributed by atoms with Crippen LogP contribution in [0.15, 0.2) is 218 Å². The number of nitrogens with zero attached hydrogens (tertiary/aromatic N) is 8. The summed E-state index contributed by atoms with van der Waals surface area (Å²) in [6, 6.07) is 75.1. The minimum atomic E-state index is 0. The van der Waals surface area contributed by atoms with Gasteiger partial charge in [-0.2, -0.15) is 0 Å². The van der Waals surface area contributed by atoms with Crippen molar-refractivity contribution in [1.82, 2.24) is 39.9 Å². The van der Waals surface area contributed by atoms with E-state index in [1.54, 1.807) is 0 Å². The molecule has 8 aromatic carbocycles. The smallest absolute Gasteiger partial charge is 0.657 e. The number of fused-ring (bicyclic) bond motifs is 14. The van der Waals surface area contributed by atoms with Crippen molar-refractivity contribution in [3.8, 4) is 91.4 Å². The maximum Gasteiger partial charge on any atom is 2.00 e. The molecule has 0 saturated heterocycles. The van der Waals surface area contributed by atoms with Gasteiger partial charge in [0.05, 0.1) is 44.8 Å². The normalized spacial score (nSPS) is 11.9. The van der Waals surface area contributed by atoms with Gasteiger partial charge in [0.1, 0.15) is 0 Å². The van der Waals surface area contributed by atoms with Crippen LogP contribution >= 0.6 is 0 Å². The number of rotatable bonds is 6. The van der Waals surface area contributed by atoms with Crippen LogP contribution in [0.3, 0.4) is 0 Å². The van der Waals surface area contributed by atoms with E-state index in [1.165, 1.54) is 0 Å². The number of hydrogen-bond donors (Lipinski definition) is 0. The standard InChI is InChI=1S/C80H42N8.2Zn/c1-3-45-25-29-51(30-26-45)69-57-33-37-61(81-57)71(47-17-9-5-10-18-47)65-41-53-55-43-67-73(49-21-13-7-14-22-49)63-39-35-59(83-63)70(52-31-27-46(4-2)28-32-52)60-36-40-64(84-60)74(50-23-15-8-16-24-50)68-44-56-54-42-66(72(48-19-11-6-12-20-48)62-38-34-58(69)82-62)86-78(54)75(77(53)85-65)76(79(55)87-67)80(56)88-68;;/h1-2,5-44H;;/q-4;2*+2. The van der Waals surface area contributed by atoms with E-state index in [0.29, 0.717) is 0 Å². The Morgan fingerprint density at radius 3 is 0.911 bits per heavy atom. The van der Waals surface area contributed by atoms with Crippen LogP contribution in [0.2, 0.25) is 0 Å². The van der Waals surface area contributed by atoms with E-state index >= 15 is 0 Å². The fourth-order valence-electron chi connectivity index (χ4n) is 13.5. The van der Waals surface area contributed by atoms with E-state index in [1.807, 2.05) is 48.5 Å². The molecule has 0 N–H and O–H groups in total. The zero-order chi connectivity index (χ0) is 58.1. The summed E-state index contributed by atoms with van der Waals surface area (Å²) >= 11 is 0. The first-order valence-electron chi connectivity index (χ1n) is 29.1. The van der Waals surface area contributed by atoms with Gasteiger partial charge in [-0.15, -0.1) is 57.0 Å². The van der Waals surface area contributed by atoms with Gasteiger partial charge in [0, 0.05) is 21.9 Å². The summed E-state index contributed by atoms with van der Waals surface area (Å²) in [6.07, 6.45) is 20.2. The summed E-state index contributed by atoms with van der Waals surface area (Å²) in [4.78, 5) is 45.9. The molecule has 10 heterocycles. The Labute approximate surface area is 541 Å². The molecule has 0 aliphatic carbocycles. The Balaban J connectivity index is 0.00000324. The molecule has 2 aliphatic rings. The van der Waals surface area contributed by atoms with E-state index in [0.717, 1.165) is 199 Å². The van der Waals surface area contributed by atoms with Crippen molar-refractivity contribution in [2.24, 2.45) is 0 Å². The molecule has 0 saturated carbocycles. The third kappa shape index (κ3) is 8.45. The SMILES string of the molecule is C#Cc1ccc(-c2c3nc(c(-c4ccccc4)c4cc5c6cc7nc6c6c8[n-]c(cc8c8cc(nc8c6c5[n-]4)c(-c4ccccc4)c4ccc2[n-]4)c(-c2ccccc2)c2nc(c(-c4ccc(C#C)cc4)c4ccc([n-]4)c7-c4ccccc4)C=C2)C=C3)cc1.[Zn+2].[Zn+2]. The molecule has 8 aromatic heterocycles. The molecule has 90 heavy (non-hydrogen) atoms. The molecule has 8 nitrogen and oxygen atoms in total. The third-order valence-electron chi connectivity index (χ3n) is 17.4. The molecule has 16 aromatic rings. The van der Waals surface area contributed by atoms with Crippen LogP contribution in [0.4, 0.5) is 0 Å². The van der Waals surface area contributed by atoms with Gasteiger partial charge in [-0.25, -0.2) is 19.9 Å². The zero-order valence-corrected chi connectivity index (χ0v) is 54.2. The maximum atomic E-state index is 5.93. The van der Waals surface area contributed by atoms with Crippen molar-refractivity contribution in [1.29, 1.82) is 0 Å². The fraction of sp³-hybridized carbons (Fsp3) is 0. The molecule has 406 valence electrons. The summed E-state index contributed by atoms with van der Waals surface area (Å²) < 4.78 is 0. The van der Waals surface area contributed by atoms with Gasteiger partial charge >= 0.3 is 39.0 Å². The molecule has 0 spiro atoms. The second-order valence-electron chi connectivity index (χ2n) is 22.4. The third-order valence-corrected chi connectivity index (χ3v) is 17.4. The van der Waals surface area contributed by atoms with E-state index in [4.69, 9.17) is 52.7 Å². The van der Waals surface area contributed by atoms with Gasteiger partial charge in [0.15, 0.2) is 0 Å². The van der Waals surface area contributed by atoms with Crippen molar-refractivity contribution in [3.05, 3.63) is 252 Å². The summed E-state index contributed by atoms with van der Waals surface area (Å²) in [5.74, 6) is 5.60. The molecular formula is C80H42N8Zn2. The van der Waals surface area contributed by atoms with Crippen LogP contribution in [0, 0.1) is 24.7 Å². The largest absolute Gasteiger partial charge is 2.00 e. The van der Waals surface area contributed by atoms with Gasteiger partial charge in [-0.3, -0.25) is 0 Å². The molecule has 0 amide bonds. The minimum absolute atomic E-state index is 0. The van der Waals surface area contributed by atoms with Crippen LogP contribution < -0.4 is 19.9 Å². The zero-order valence-electron chi connectivity index (χ0n) is 48.2. The predicted molar refractivity (Wildman–Crippen MR) is 361 cm³/mol. The second-order valence-corrected chi connectivity index (χ2v) is 22.4. The summed E-state index contributed by atoms with van der Waals surface area (Å²) in [6.45, 7) is 0. The van der Waals surface area contributed by atoms with Crippen molar-refractivity contribution in [3.63, 3.8) is 0 Å². The van der Waals surface area contributed by atoms with E-state index < -0.39 is 0 Å². The average molecular weight is 1250 g/mol. The van der Waals surface area contributed by atoms with E-state index in [-0.39, 0.29) is 39.0 Å². The molecule has 0 unspecified atom stereocenters. The van der Waals surface area contributed by atoms with Crippen LogP contribution in [-0.2, 0) is 39.0 Å². The second kappa shape index (κ2) is 21.3. The Morgan fingerprint density at radius 2 is 0.578 bits per heavy atom. The Bertz CT molecular complexity index is 5590. The van der Waals surface area contributed by atoms with Gasteiger partial charge in [0.25, 0.3) is 0 Å². The van der Waals surface area contributed by atoms with Gasteiger partial charge in [0.2, 0.25) is 0 Å². The predicted octanol–water partition coefficient (Wildman–Crippen LogP) is 18.1. The van der Waals surface area contributed by atoms with Crippen LogP contribution in [0.1, 0.15) is 33.9 Å². The Kier molecular flexibility index (Phi) is 12.9. The van der Waals surface area contributed by atoms with Crippen molar-refractivity contribution >= 4 is 123 Å². The summed E-state index contributed by atoms with van der Waals surface area (Å²) in [7, 11) is 0. The van der Waals surface area contributed by atoms with Crippen LogP contribution in [-0.4, -0.2) is 19.9 Å². The first-order chi connectivity index (χ1) is 43.5. The molecule has 0 fully saturated rings. The first-order valence-corrected chi connectivity index (χ1v) is 29.1. The van der Waals surface area contributed by atoms with Gasteiger partial charge in [-0.1, -0.05) is 194 Å². The minimum Gasteiger partial charge on any atom is -0.657 e. The number of terminal acetylenes is 2. The van der Waals surface area contributed by atoms with Gasteiger partial charge in [-0.05, 0) is 149 Å². The maximum absolute atomic E-state index is 5.93. The monoisotopic (exact) mass is 1240 g/mol. The number of benzene rings is 8. The molecule has 2 aliphatic heterocycles. The number of aromatic nitrogens is 8. The van der Waals surface area contributed by atoms with Crippen LogP contribution in [0.25, 0.3) is 190 Å². The Morgan fingerprint density at radius 1 is 0.278 bits per heavy atom. The molecule has 0 atom stereocenters. The van der Waals surface area contributed by atoms with Crippen molar-refractivity contribution in [2.75, 3.05) is 0 Å². The molecule has 10 heteroatoms. The fourth-order valence-corrected chi connectivity index (χ4v) is 13.5. The quantitative estimate of drug-likeness (QED) is 0.120.